The number of carbonyl (C=O) groups is 1. The van der Waals surface area contributed by atoms with Crippen molar-refractivity contribution in [1.29, 1.82) is 0 Å². The second-order valence-corrected chi connectivity index (χ2v) is 5.01. The molecule has 0 saturated heterocycles. The third-order valence-corrected chi connectivity index (χ3v) is 3.63. The normalized spacial score (nSPS) is 15.1. The molecule has 2 rings (SSSR count). The molecule has 2 nitrogen and oxygen atoms in total. The molecule has 1 aliphatic heterocycles. The summed E-state index contributed by atoms with van der Waals surface area (Å²) in [6.07, 6.45) is 3.98. The SMILES string of the molecule is CSCCCN1CCC(=O)c2ccccc21. The standard InChI is InChI=1S/C13H17NOS/c1-16-10-4-8-14-9-7-13(15)11-5-2-3-6-12(11)14/h2-3,5-6H,4,7-10H2,1H3. The minimum atomic E-state index is 0.289. The number of hydrogen-bond acceptors (Lipinski definition) is 3. The van der Waals surface area contributed by atoms with Gasteiger partial charge in [0.25, 0.3) is 0 Å². The Balaban J connectivity index is 2.12. The van der Waals surface area contributed by atoms with Crippen molar-refractivity contribution in [1.82, 2.24) is 0 Å². The van der Waals surface area contributed by atoms with Crippen LogP contribution >= 0.6 is 11.8 Å². The van der Waals surface area contributed by atoms with Gasteiger partial charge in [0.2, 0.25) is 0 Å². The lowest BCUT2D eigenvalue weighted by Gasteiger charge is -2.30. The van der Waals surface area contributed by atoms with E-state index in [1.165, 1.54) is 12.2 Å². The second kappa shape index (κ2) is 5.39. The van der Waals surface area contributed by atoms with Crippen LogP contribution in [-0.2, 0) is 0 Å². The van der Waals surface area contributed by atoms with Crippen LogP contribution in [0.15, 0.2) is 24.3 Å². The molecule has 0 fully saturated rings. The van der Waals surface area contributed by atoms with Crippen LogP contribution in [0.1, 0.15) is 23.2 Å². The maximum absolute atomic E-state index is 11.7. The van der Waals surface area contributed by atoms with Crippen molar-refractivity contribution in [3.05, 3.63) is 29.8 Å². The Hall–Kier alpha value is -0.960. The molecule has 0 saturated carbocycles. The van der Waals surface area contributed by atoms with Gasteiger partial charge < -0.3 is 4.90 Å². The number of Topliss-reactive ketones (excluding diaryl/α,β-unsaturated/α-hetero) is 1. The highest BCUT2D eigenvalue weighted by Crippen LogP contribution is 2.26. The van der Waals surface area contributed by atoms with Crippen molar-refractivity contribution in [2.75, 3.05) is 30.0 Å². The van der Waals surface area contributed by atoms with Crippen LogP contribution in [0, 0.1) is 0 Å². The maximum atomic E-state index is 11.7. The summed E-state index contributed by atoms with van der Waals surface area (Å²) in [5, 5.41) is 0. The van der Waals surface area contributed by atoms with Gasteiger partial charge >= 0.3 is 0 Å². The number of hydrogen-bond donors (Lipinski definition) is 0. The van der Waals surface area contributed by atoms with Gasteiger partial charge in [-0.2, -0.15) is 11.8 Å². The number of thioether (sulfide) groups is 1. The van der Waals surface area contributed by atoms with E-state index in [-0.39, 0.29) is 5.78 Å². The quantitative estimate of drug-likeness (QED) is 0.748. The fraction of sp³-hybridized carbons (Fsp3) is 0.462. The van der Waals surface area contributed by atoms with Gasteiger partial charge in [0.05, 0.1) is 0 Å². The van der Waals surface area contributed by atoms with Gasteiger partial charge in [0.15, 0.2) is 5.78 Å². The van der Waals surface area contributed by atoms with Crippen LogP contribution in [0.5, 0.6) is 0 Å². The molecule has 0 N–H and O–H groups in total. The molecule has 0 atom stereocenters. The van der Waals surface area contributed by atoms with Gasteiger partial charge in [-0.1, -0.05) is 12.1 Å². The predicted octanol–water partition coefficient (Wildman–Crippen LogP) is 2.83. The van der Waals surface area contributed by atoms with E-state index in [9.17, 15) is 4.79 Å². The van der Waals surface area contributed by atoms with Crippen LogP contribution in [0.3, 0.4) is 0 Å². The molecule has 1 aromatic carbocycles. The number of ketones is 1. The summed E-state index contributed by atoms with van der Waals surface area (Å²) in [6, 6.07) is 7.96. The van der Waals surface area contributed by atoms with Crippen LogP contribution in [0.25, 0.3) is 0 Å². The Kier molecular flexibility index (Phi) is 3.88. The van der Waals surface area contributed by atoms with Crippen LogP contribution < -0.4 is 4.90 Å². The van der Waals surface area contributed by atoms with E-state index < -0.39 is 0 Å². The first-order valence-electron chi connectivity index (χ1n) is 5.69. The van der Waals surface area contributed by atoms with Crippen LogP contribution in [0.2, 0.25) is 0 Å². The maximum Gasteiger partial charge on any atom is 0.166 e. The first-order valence-corrected chi connectivity index (χ1v) is 7.08. The number of fused-ring (bicyclic) bond motifs is 1. The lowest BCUT2D eigenvalue weighted by molar-refractivity contribution is 0.0980. The molecule has 86 valence electrons. The van der Waals surface area contributed by atoms with E-state index >= 15 is 0 Å². The van der Waals surface area contributed by atoms with Gasteiger partial charge in [-0.15, -0.1) is 0 Å². The number of anilines is 1. The summed E-state index contributed by atoms with van der Waals surface area (Å²) in [7, 11) is 0. The average molecular weight is 235 g/mol. The molecule has 0 unspecified atom stereocenters. The molecule has 0 aromatic heterocycles. The van der Waals surface area contributed by atoms with E-state index in [4.69, 9.17) is 0 Å². The van der Waals surface area contributed by atoms with Crippen LogP contribution in [0.4, 0.5) is 5.69 Å². The van der Waals surface area contributed by atoms with Crippen molar-refractivity contribution in [2.24, 2.45) is 0 Å². The number of carbonyl (C=O) groups excluding carboxylic acids is 1. The summed E-state index contributed by atoms with van der Waals surface area (Å²) in [5.41, 5.74) is 2.03. The summed E-state index contributed by atoms with van der Waals surface area (Å²) in [5.74, 6) is 1.48. The van der Waals surface area contributed by atoms with E-state index in [1.54, 1.807) is 0 Å². The zero-order valence-corrected chi connectivity index (χ0v) is 10.4. The van der Waals surface area contributed by atoms with E-state index in [0.29, 0.717) is 6.42 Å². The summed E-state index contributed by atoms with van der Waals surface area (Å²) >= 11 is 1.88. The zero-order chi connectivity index (χ0) is 11.4. The molecule has 16 heavy (non-hydrogen) atoms. The Morgan fingerprint density at radius 3 is 3.00 bits per heavy atom. The lowest BCUT2D eigenvalue weighted by atomic mass is 10.0. The molecular formula is C13H17NOS. The molecule has 1 aliphatic rings. The fourth-order valence-corrected chi connectivity index (χ4v) is 2.53. The van der Waals surface area contributed by atoms with Gasteiger partial charge in [-0.3, -0.25) is 4.79 Å². The van der Waals surface area contributed by atoms with E-state index in [0.717, 1.165) is 24.3 Å². The molecule has 0 radical (unpaired) electrons. The number of rotatable bonds is 4. The Bertz CT molecular complexity index is 378. The number of para-hydroxylation sites is 1. The lowest BCUT2D eigenvalue weighted by Crippen LogP contribution is -2.33. The predicted molar refractivity (Wildman–Crippen MR) is 70.6 cm³/mol. The largest absolute Gasteiger partial charge is 0.370 e. The smallest absolute Gasteiger partial charge is 0.166 e. The van der Waals surface area contributed by atoms with Crippen molar-refractivity contribution < 1.29 is 4.79 Å². The molecule has 1 aromatic rings. The molecule has 0 aliphatic carbocycles. The zero-order valence-electron chi connectivity index (χ0n) is 9.61. The highest BCUT2D eigenvalue weighted by Gasteiger charge is 2.21. The van der Waals surface area contributed by atoms with Gasteiger partial charge in [0.1, 0.15) is 0 Å². The summed E-state index contributed by atoms with van der Waals surface area (Å²) in [6.45, 7) is 1.94. The van der Waals surface area contributed by atoms with E-state index in [2.05, 4.69) is 17.2 Å². The first kappa shape index (κ1) is 11.5. The molecule has 3 heteroatoms. The van der Waals surface area contributed by atoms with E-state index in [1.807, 2.05) is 30.0 Å². The Morgan fingerprint density at radius 1 is 1.38 bits per heavy atom. The van der Waals surface area contributed by atoms with Crippen molar-refractivity contribution in [3.8, 4) is 0 Å². The Labute approximate surface area is 101 Å². The van der Waals surface area contributed by atoms with Gasteiger partial charge in [-0.25, -0.2) is 0 Å². The molecule has 0 amide bonds. The van der Waals surface area contributed by atoms with Gasteiger partial charge in [-0.05, 0) is 30.6 Å². The number of benzene rings is 1. The third kappa shape index (κ3) is 2.40. The highest BCUT2D eigenvalue weighted by molar-refractivity contribution is 7.98. The molecule has 0 spiro atoms. The molecule has 0 bridgehead atoms. The topological polar surface area (TPSA) is 20.3 Å². The molecular weight excluding hydrogens is 218 g/mol. The fourth-order valence-electron chi connectivity index (χ4n) is 2.11. The monoisotopic (exact) mass is 235 g/mol. The average Bonchev–Trinajstić information content (AvgIpc) is 2.33. The van der Waals surface area contributed by atoms with Crippen molar-refractivity contribution >= 4 is 23.2 Å². The first-order chi connectivity index (χ1) is 7.83. The second-order valence-electron chi connectivity index (χ2n) is 4.02. The third-order valence-electron chi connectivity index (χ3n) is 2.93. The van der Waals surface area contributed by atoms with Crippen LogP contribution in [-0.4, -0.2) is 30.9 Å². The van der Waals surface area contributed by atoms with Crippen molar-refractivity contribution in [3.63, 3.8) is 0 Å². The molecule has 1 heterocycles. The minimum Gasteiger partial charge on any atom is -0.370 e. The number of nitrogens with zero attached hydrogens (tertiary/aromatic N) is 1. The summed E-state index contributed by atoms with van der Waals surface area (Å²) in [4.78, 5) is 14.1. The minimum absolute atomic E-state index is 0.289. The summed E-state index contributed by atoms with van der Waals surface area (Å²) < 4.78 is 0. The van der Waals surface area contributed by atoms with Gasteiger partial charge in [0, 0.05) is 30.8 Å². The highest BCUT2D eigenvalue weighted by atomic mass is 32.2. The van der Waals surface area contributed by atoms with Crippen molar-refractivity contribution in [2.45, 2.75) is 12.8 Å². The Morgan fingerprint density at radius 2 is 2.19 bits per heavy atom.